The molecule has 1 N–H and O–H groups in total. The lowest BCUT2D eigenvalue weighted by molar-refractivity contribution is -0.160. The van der Waals surface area contributed by atoms with Gasteiger partial charge in [-0.25, -0.2) is 18.4 Å². The van der Waals surface area contributed by atoms with Crippen molar-refractivity contribution in [2.75, 3.05) is 6.61 Å². The number of carbonyl (C=O) groups excluding carboxylic acids is 2. The molecule has 1 amide bonds. The van der Waals surface area contributed by atoms with E-state index in [0.717, 1.165) is 12.1 Å². The molecule has 174 valence electrons. The van der Waals surface area contributed by atoms with Gasteiger partial charge >= 0.3 is 12.0 Å². The predicted octanol–water partition coefficient (Wildman–Crippen LogP) is 4.22. The number of hydrogen-bond acceptors (Lipinski definition) is 5. The van der Waals surface area contributed by atoms with Crippen molar-refractivity contribution in [2.45, 2.75) is 66.2 Å². The fraction of sp³-hybridized carbons (Fsp3) is 0.522. The van der Waals surface area contributed by atoms with Crippen molar-refractivity contribution in [1.29, 1.82) is 0 Å². The molecule has 2 aromatic rings. The Morgan fingerprint density at radius 3 is 2.44 bits per heavy atom. The molecule has 0 spiro atoms. The number of carbonyl (C=O) groups is 2. The molecule has 1 atom stereocenters. The second-order valence-electron chi connectivity index (χ2n) is 9.90. The van der Waals surface area contributed by atoms with Gasteiger partial charge in [0.05, 0.1) is 24.6 Å². The van der Waals surface area contributed by atoms with E-state index in [1.165, 1.54) is 10.7 Å². The van der Waals surface area contributed by atoms with Crippen molar-refractivity contribution in [3.05, 3.63) is 41.1 Å². The smallest absolute Gasteiger partial charge is 0.343 e. The quantitative estimate of drug-likeness (QED) is 0.710. The highest BCUT2D eigenvalue weighted by atomic mass is 19.2. The number of benzene rings is 1. The Bertz CT molecular complexity index is 1040. The van der Waals surface area contributed by atoms with Gasteiger partial charge in [-0.15, -0.1) is 0 Å². The van der Waals surface area contributed by atoms with Gasteiger partial charge in [-0.05, 0) is 44.4 Å². The summed E-state index contributed by atoms with van der Waals surface area (Å²) >= 11 is 0. The highest BCUT2D eigenvalue weighted by Gasteiger charge is 2.37. The maximum Gasteiger partial charge on any atom is 0.343 e. The summed E-state index contributed by atoms with van der Waals surface area (Å²) in [5, 5.41) is 7.13. The van der Waals surface area contributed by atoms with Crippen molar-refractivity contribution in [3.63, 3.8) is 0 Å². The molecule has 32 heavy (non-hydrogen) atoms. The van der Waals surface area contributed by atoms with Crippen LogP contribution in [0.1, 0.15) is 52.8 Å². The fourth-order valence-electron chi connectivity index (χ4n) is 3.45. The predicted molar refractivity (Wildman–Crippen MR) is 114 cm³/mol. The summed E-state index contributed by atoms with van der Waals surface area (Å²) in [5.41, 5.74) is 0.548. The second kappa shape index (κ2) is 8.61. The molecule has 1 aromatic heterocycles. The van der Waals surface area contributed by atoms with Crippen LogP contribution in [0.3, 0.4) is 0 Å². The topological polar surface area (TPSA) is 82.5 Å². The van der Waals surface area contributed by atoms with Crippen molar-refractivity contribution in [1.82, 2.24) is 15.1 Å². The van der Waals surface area contributed by atoms with Gasteiger partial charge in [0.1, 0.15) is 11.6 Å². The van der Waals surface area contributed by atoms with E-state index in [9.17, 15) is 18.4 Å². The summed E-state index contributed by atoms with van der Waals surface area (Å²) in [6.45, 7) is 11.3. The summed E-state index contributed by atoms with van der Waals surface area (Å²) in [4.78, 5) is 26.0. The van der Waals surface area contributed by atoms with Crippen LogP contribution in [-0.4, -0.2) is 40.0 Å². The second-order valence-corrected chi connectivity index (χ2v) is 9.90. The van der Waals surface area contributed by atoms with Gasteiger partial charge < -0.3 is 14.8 Å². The minimum absolute atomic E-state index is 0.186. The molecule has 3 rings (SSSR count). The zero-order valence-electron chi connectivity index (χ0n) is 19.2. The largest absolute Gasteiger partial charge is 0.458 e. The first-order valence-electron chi connectivity index (χ1n) is 10.5. The highest BCUT2D eigenvalue weighted by Crippen LogP contribution is 2.30. The van der Waals surface area contributed by atoms with Gasteiger partial charge in [0.15, 0.2) is 11.6 Å². The van der Waals surface area contributed by atoms with Gasteiger partial charge in [-0.1, -0.05) is 20.8 Å². The first-order chi connectivity index (χ1) is 14.8. The van der Waals surface area contributed by atoms with Crippen LogP contribution in [0.4, 0.5) is 13.6 Å². The molecule has 1 aliphatic heterocycles. The number of rotatable bonds is 3. The minimum Gasteiger partial charge on any atom is -0.458 e. The van der Waals surface area contributed by atoms with E-state index in [2.05, 4.69) is 10.4 Å². The Labute approximate surface area is 186 Å². The lowest BCUT2D eigenvalue weighted by atomic mass is 9.86. The monoisotopic (exact) mass is 449 g/mol. The van der Waals surface area contributed by atoms with Gasteiger partial charge in [0.25, 0.3) is 0 Å². The van der Waals surface area contributed by atoms with Crippen molar-refractivity contribution >= 4 is 12.0 Å². The zero-order valence-corrected chi connectivity index (χ0v) is 19.2. The molecular formula is C23H29F2N3O4. The fourth-order valence-corrected chi connectivity index (χ4v) is 3.45. The van der Waals surface area contributed by atoms with E-state index in [1.54, 1.807) is 20.8 Å². The van der Waals surface area contributed by atoms with Crippen LogP contribution in [0.25, 0.3) is 11.3 Å². The lowest BCUT2D eigenvalue weighted by Gasteiger charge is -2.32. The van der Waals surface area contributed by atoms with Crippen LogP contribution in [-0.2, 0) is 27.3 Å². The van der Waals surface area contributed by atoms with Crippen LogP contribution in [0.15, 0.2) is 18.2 Å². The third-order valence-electron chi connectivity index (χ3n) is 4.98. The molecule has 0 fully saturated rings. The third kappa shape index (κ3) is 5.15. The van der Waals surface area contributed by atoms with E-state index in [4.69, 9.17) is 9.47 Å². The normalized spacial score (nSPS) is 15.1. The molecule has 1 aromatic carbocycles. The van der Waals surface area contributed by atoms with Crippen LogP contribution < -0.4 is 5.32 Å². The minimum atomic E-state index is -1.01. The summed E-state index contributed by atoms with van der Waals surface area (Å²) in [6, 6.07) is 1.91. The summed E-state index contributed by atoms with van der Waals surface area (Å²) in [6.07, 6.45) is 0.409. The molecule has 0 bridgehead atoms. The standard InChI is InChI=1S/C23H29F2N3O4/c1-22(2,3)19(20(29)32-23(4,5)6)26-21(30)28-17-9-10-31-12-14(17)18(27-28)13-7-8-15(24)16(25)11-13/h7-8,11,19H,9-10,12H2,1-6H3,(H,26,30)/t19-/m1/s1. The number of ether oxygens (including phenoxy) is 2. The first-order valence-corrected chi connectivity index (χ1v) is 10.5. The SMILES string of the molecule is CC(C)(C)OC(=O)[C@@H](NC(=O)n1nc(-c2ccc(F)c(F)c2)c2c1CCOC2)C(C)(C)C. The Kier molecular flexibility index (Phi) is 6.42. The molecule has 0 radical (unpaired) electrons. The number of hydrogen-bond donors (Lipinski definition) is 1. The van der Waals surface area contributed by atoms with Gasteiger partial charge in [-0.3, -0.25) is 0 Å². The number of nitrogens with zero attached hydrogens (tertiary/aromatic N) is 2. The zero-order chi connectivity index (χ0) is 23.8. The van der Waals surface area contributed by atoms with Crippen molar-refractivity contribution in [3.8, 4) is 11.3 Å². The van der Waals surface area contributed by atoms with Crippen molar-refractivity contribution < 1.29 is 27.8 Å². The van der Waals surface area contributed by atoms with E-state index in [0.29, 0.717) is 35.5 Å². The summed E-state index contributed by atoms with van der Waals surface area (Å²) < 4.78 is 39.4. The average Bonchev–Trinajstić information content (AvgIpc) is 3.05. The molecule has 0 unspecified atom stereocenters. The Morgan fingerprint density at radius 2 is 1.84 bits per heavy atom. The third-order valence-corrected chi connectivity index (χ3v) is 4.98. The van der Waals surface area contributed by atoms with E-state index in [-0.39, 0.29) is 6.61 Å². The van der Waals surface area contributed by atoms with E-state index >= 15 is 0 Å². The Hall–Kier alpha value is -2.81. The van der Waals surface area contributed by atoms with Crippen molar-refractivity contribution in [2.24, 2.45) is 5.41 Å². The maximum absolute atomic E-state index is 13.8. The van der Waals surface area contributed by atoms with Crippen LogP contribution in [0, 0.1) is 17.0 Å². The number of nitrogens with one attached hydrogen (secondary N) is 1. The maximum atomic E-state index is 13.8. The van der Waals surface area contributed by atoms with Crippen LogP contribution >= 0.6 is 0 Å². The lowest BCUT2D eigenvalue weighted by Crippen LogP contribution is -2.52. The Morgan fingerprint density at radius 1 is 1.16 bits per heavy atom. The molecular weight excluding hydrogens is 420 g/mol. The highest BCUT2D eigenvalue weighted by molar-refractivity contribution is 5.86. The van der Waals surface area contributed by atoms with Gasteiger partial charge in [0, 0.05) is 17.5 Å². The number of amides is 1. The Balaban J connectivity index is 1.97. The van der Waals surface area contributed by atoms with Gasteiger partial charge in [0.2, 0.25) is 0 Å². The molecule has 9 heteroatoms. The molecule has 2 heterocycles. The molecule has 0 saturated heterocycles. The molecule has 1 aliphatic rings. The van der Waals surface area contributed by atoms with E-state index < -0.39 is 40.7 Å². The number of esters is 1. The first kappa shape index (κ1) is 23.8. The number of halogens is 2. The van der Waals surface area contributed by atoms with Gasteiger partial charge in [-0.2, -0.15) is 9.78 Å². The summed E-state index contributed by atoms with van der Waals surface area (Å²) in [7, 11) is 0. The van der Waals surface area contributed by atoms with Crippen LogP contribution in [0.5, 0.6) is 0 Å². The number of aromatic nitrogens is 2. The molecule has 0 saturated carbocycles. The summed E-state index contributed by atoms with van der Waals surface area (Å²) in [5.74, 6) is -2.53. The number of fused-ring (bicyclic) bond motifs is 1. The molecule has 0 aliphatic carbocycles. The van der Waals surface area contributed by atoms with E-state index in [1.807, 2.05) is 20.8 Å². The van der Waals surface area contributed by atoms with Crippen LogP contribution in [0.2, 0.25) is 0 Å². The average molecular weight is 449 g/mol. The molecule has 7 nitrogen and oxygen atoms in total.